The van der Waals surface area contributed by atoms with Crippen LogP contribution >= 0.6 is 0 Å². The third-order valence-electron chi connectivity index (χ3n) is 4.81. The largest absolute Gasteiger partial charge is 0.364 e. The van der Waals surface area contributed by atoms with E-state index < -0.39 is 0 Å². The number of carbonyl (C=O) groups excluding carboxylic acids is 1. The lowest BCUT2D eigenvalue weighted by molar-refractivity contribution is -0.142. The van der Waals surface area contributed by atoms with Gasteiger partial charge >= 0.3 is 0 Å². The van der Waals surface area contributed by atoms with E-state index in [4.69, 9.17) is 10.5 Å². The second-order valence-electron chi connectivity index (χ2n) is 5.92. The lowest BCUT2D eigenvalue weighted by atomic mass is 9.68. The number of likely N-dealkylation sites (tertiary alicyclic amines) is 1. The van der Waals surface area contributed by atoms with Crippen molar-refractivity contribution in [3.8, 4) is 0 Å². The maximum atomic E-state index is 12.3. The summed E-state index contributed by atoms with van der Waals surface area (Å²) in [5.74, 6) is 0.213. The van der Waals surface area contributed by atoms with Crippen LogP contribution in [0.4, 0.5) is 0 Å². The Hall–Kier alpha value is -0.610. The van der Waals surface area contributed by atoms with Gasteiger partial charge in [0.1, 0.15) is 6.10 Å². The molecule has 0 aromatic carbocycles. The van der Waals surface area contributed by atoms with Crippen LogP contribution in [0.25, 0.3) is 0 Å². The van der Waals surface area contributed by atoms with Crippen LogP contribution in [0.5, 0.6) is 0 Å². The van der Waals surface area contributed by atoms with Gasteiger partial charge in [0.05, 0.1) is 6.10 Å². The Bertz CT molecular complexity index is 315. The number of hydrogen-bond donors (Lipinski definition) is 1. The van der Waals surface area contributed by atoms with E-state index in [0.717, 1.165) is 25.9 Å². The van der Waals surface area contributed by atoms with Crippen LogP contribution in [0, 0.1) is 5.41 Å². The van der Waals surface area contributed by atoms with E-state index >= 15 is 0 Å². The van der Waals surface area contributed by atoms with Gasteiger partial charge in [-0.05, 0) is 37.5 Å². The molecule has 96 valence electrons. The Balaban J connectivity index is 1.56. The summed E-state index contributed by atoms with van der Waals surface area (Å²) in [7, 11) is 0. The lowest BCUT2D eigenvalue weighted by Crippen LogP contribution is -2.41. The fourth-order valence-electron chi connectivity index (χ4n) is 3.47. The third kappa shape index (κ3) is 1.97. The van der Waals surface area contributed by atoms with Gasteiger partial charge in [0.25, 0.3) is 5.91 Å². The van der Waals surface area contributed by atoms with Crippen LogP contribution in [-0.2, 0) is 9.53 Å². The van der Waals surface area contributed by atoms with Crippen molar-refractivity contribution in [3.63, 3.8) is 0 Å². The van der Waals surface area contributed by atoms with Gasteiger partial charge in [0, 0.05) is 19.6 Å². The molecule has 4 nitrogen and oxygen atoms in total. The third-order valence-corrected chi connectivity index (χ3v) is 4.81. The summed E-state index contributed by atoms with van der Waals surface area (Å²) in [4.78, 5) is 14.3. The Kier molecular flexibility index (Phi) is 2.87. The summed E-state index contributed by atoms with van der Waals surface area (Å²) >= 11 is 0. The average Bonchev–Trinajstić information content (AvgIpc) is 2.94. The van der Waals surface area contributed by atoms with Gasteiger partial charge in [-0.1, -0.05) is 6.42 Å². The van der Waals surface area contributed by atoms with Gasteiger partial charge < -0.3 is 15.4 Å². The maximum Gasteiger partial charge on any atom is 0.251 e. The fraction of sp³-hybridized carbons (Fsp3) is 0.923. The van der Waals surface area contributed by atoms with Crippen molar-refractivity contribution in [1.82, 2.24) is 4.90 Å². The van der Waals surface area contributed by atoms with Gasteiger partial charge in [-0.15, -0.1) is 0 Å². The zero-order valence-corrected chi connectivity index (χ0v) is 10.4. The Morgan fingerprint density at radius 1 is 1.35 bits per heavy atom. The molecule has 2 atom stereocenters. The summed E-state index contributed by atoms with van der Waals surface area (Å²) in [6.07, 6.45) is 6.85. The molecule has 0 bridgehead atoms. The first-order valence-electron chi connectivity index (χ1n) is 6.87. The topological polar surface area (TPSA) is 55.6 Å². The Morgan fingerprint density at radius 3 is 2.71 bits per heavy atom. The summed E-state index contributed by atoms with van der Waals surface area (Å²) in [5, 5.41) is 0. The van der Waals surface area contributed by atoms with E-state index in [2.05, 4.69) is 0 Å². The van der Waals surface area contributed by atoms with Crippen molar-refractivity contribution < 1.29 is 9.53 Å². The summed E-state index contributed by atoms with van der Waals surface area (Å²) in [6, 6.07) is 0. The average molecular weight is 238 g/mol. The molecule has 3 aliphatic rings. The zero-order valence-electron chi connectivity index (χ0n) is 10.4. The molecule has 1 spiro atoms. The first-order valence-corrected chi connectivity index (χ1v) is 6.87. The molecule has 1 saturated carbocycles. The van der Waals surface area contributed by atoms with Crippen molar-refractivity contribution >= 4 is 5.91 Å². The molecule has 4 heteroatoms. The second-order valence-corrected chi connectivity index (χ2v) is 5.92. The molecule has 2 N–H and O–H groups in total. The molecule has 0 unspecified atom stereocenters. The van der Waals surface area contributed by atoms with Crippen molar-refractivity contribution in [2.24, 2.45) is 11.1 Å². The van der Waals surface area contributed by atoms with E-state index in [-0.39, 0.29) is 18.1 Å². The zero-order chi connectivity index (χ0) is 11.9. The number of nitrogens with zero attached hydrogens (tertiary/aromatic N) is 1. The molecule has 3 fully saturated rings. The first kappa shape index (κ1) is 11.5. The van der Waals surface area contributed by atoms with Crippen LogP contribution in [0.15, 0.2) is 0 Å². The van der Waals surface area contributed by atoms with Gasteiger partial charge in [-0.3, -0.25) is 4.79 Å². The van der Waals surface area contributed by atoms with Crippen molar-refractivity contribution in [2.75, 3.05) is 19.6 Å². The SMILES string of the molecule is NC[C@H]1CC[C@@H](C(=O)N2CCC3(CCC3)C2)O1. The molecule has 0 radical (unpaired) electrons. The van der Waals surface area contributed by atoms with Gasteiger partial charge in [0.2, 0.25) is 0 Å². The van der Waals surface area contributed by atoms with Crippen LogP contribution < -0.4 is 5.73 Å². The lowest BCUT2D eigenvalue weighted by Gasteiger charge is -2.38. The molecule has 0 aromatic heterocycles. The molecule has 1 aliphatic carbocycles. The first-order chi connectivity index (χ1) is 8.22. The van der Waals surface area contributed by atoms with Crippen molar-refractivity contribution in [2.45, 2.75) is 50.7 Å². The number of amides is 1. The minimum Gasteiger partial charge on any atom is -0.364 e. The van der Waals surface area contributed by atoms with E-state index in [9.17, 15) is 4.79 Å². The minimum absolute atomic E-state index is 0.101. The Morgan fingerprint density at radius 2 is 2.18 bits per heavy atom. The van der Waals surface area contributed by atoms with E-state index in [1.807, 2.05) is 4.90 Å². The quantitative estimate of drug-likeness (QED) is 0.777. The number of nitrogens with two attached hydrogens (primary N) is 1. The molecule has 2 saturated heterocycles. The smallest absolute Gasteiger partial charge is 0.251 e. The van der Waals surface area contributed by atoms with Crippen LogP contribution in [0.1, 0.15) is 38.5 Å². The van der Waals surface area contributed by atoms with Crippen molar-refractivity contribution in [3.05, 3.63) is 0 Å². The molecule has 2 heterocycles. The summed E-state index contributed by atoms with van der Waals surface area (Å²) in [6.45, 7) is 2.44. The van der Waals surface area contributed by atoms with E-state index in [1.165, 1.54) is 25.7 Å². The number of hydrogen-bond acceptors (Lipinski definition) is 3. The molecule has 1 amide bonds. The van der Waals surface area contributed by atoms with Crippen LogP contribution in [0.2, 0.25) is 0 Å². The molecule has 3 rings (SSSR count). The molecule has 0 aromatic rings. The predicted octanol–water partition coefficient (Wildman–Crippen LogP) is 0.895. The number of ether oxygens (including phenoxy) is 1. The Labute approximate surface area is 102 Å². The van der Waals surface area contributed by atoms with Gasteiger partial charge in [-0.25, -0.2) is 0 Å². The minimum atomic E-state index is -0.209. The van der Waals surface area contributed by atoms with Gasteiger partial charge in [0.15, 0.2) is 0 Å². The fourth-order valence-corrected chi connectivity index (χ4v) is 3.47. The van der Waals surface area contributed by atoms with Gasteiger partial charge in [-0.2, -0.15) is 0 Å². The predicted molar refractivity (Wildman–Crippen MR) is 64.4 cm³/mol. The molecular formula is C13H22N2O2. The van der Waals surface area contributed by atoms with Crippen molar-refractivity contribution in [1.29, 1.82) is 0 Å². The highest BCUT2D eigenvalue weighted by atomic mass is 16.5. The van der Waals surface area contributed by atoms with Crippen LogP contribution in [0.3, 0.4) is 0 Å². The summed E-state index contributed by atoms with van der Waals surface area (Å²) < 4.78 is 5.69. The molecule has 2 aliphatic heterocycles. The standard InChI is InChI=1S/C13H22N2O2/c14-8-10-2-3-11(17-10)12(16)15-7-6-13(9-15)4-1-5-13/h10-11H,1-9,14H2/t10-,11+/m1/s1. The normalized spacial score (nSPS) is 35.2. The highest BCUT2D eigenvalue weighted by Gasteiger charge is 2.45. The number of rotatable bonds is 2. The maximum absolute atomic E-state index is 12.3. The highest BCUT2D eigenvalue weighted by Crippen LogP contribution is 2.48. The highest BCUT2D eigenvalue weighted by molar-refractivity contribution is 5.81. The van der Waals surface area contributed by atoms with Crippen LogP contribution in [-0.4, -0.2) is 42.6 Å². The molecular weight excluding hydrogens is 216 g/mol. The van der Waals surface area contributed by atoms with E-state index in [1.54, 1.807) is 0 Å². The van der Waals surface area contributed by atoms with E-state index in [0.29, 0.717) is 12.0 Å². The molecule has 17 heavy (non-hydrogen) atoms. The number of carbonyl (C=O) groups is 1. The monoisotopic (exact) mass is 238 g/mol. The second kappa shape index (κ2) is 4.25. The summed E-state index contributed by atoms with van der Waals surface area (Å²) in [5.41, 5.74) is 6.06.